The van der Waals surface area contributed by atoms with Gasteiger partial charge in [-0.15, -0.1) is 0 Å². The van der Waals surface area contributed by atoms with Crippen LogP contribution in [0.25, 0.3) is 11.3 Å². The van der Waals surface area contributed by atoms with Crippen LogP contribution >= 0.6 is 0 Å². The van der Waals surface area contributed by atoms with Gasteiger partial charge < -0.3 is 10.7 Å². The highest BCUT2D eigenvalue weighted by Gasteiger charge is 2.35. The normalized spacial score (nSPS) is 12.2. The third-order valence-corrected chi connectivity index (χ3v) is 4.35. The van der Waals surface area contributed by atoms with E-state index in [0.717, 1.165) is 0 Å². The van der Waals surface area contributed by atoms with Gasteiger partial charge in [-0.1, -0.05) is 18.2 Å². The van der Waals surface area contributed by atoms with Crippen molar-refractivity contribution in [2.24, 2.45) is 5.73 Å². The largest absolute Gasteiger partial charge is 0.404 e. The molecule has 4 N–H and O–H groups in total. The first-order valence-corrected chi connectivity index (χ1v) is 8.30. The number of anilines is 1. The molecule has 10 heteroatoms. The Kier molecular flexibility index (Phi) is 4.61. The molecule has 0 saturated heterocycles. The van der Waals surface area contributed by atoms with Gasteiger partial charge in [0.05, 0.1) is 11.3 Å². The van der Waals surface area contributed by atoms with Gasteiger partial charge in [0.2, 0.25) is 10.0 Å². The SMILES string of the molecule is Cc1[nH]c(-c2ccccc2NS(=O)(=O)CC(F)(F)F)cc1C(N)=O. The summed E-state index contributed by atoms with van der Waals surface area (Å²) in [4.78, 5) is 14.2. The summed E-state index contributed by atoms with van der Waals surface area (Å²) < 4.78 is 62.3. The number of aryl methyl sites for hydroxylation is 1. The fraction of sp³-hybridized carbons (Fsp3) is 0.214. The summed E-state index contributed by atoms with van der Waals surface area (Å²) in [5.41, 5.74) is 6.49. The molecule has 0 fully saturated rings. The molecule has 2 aromatic rings. The Morgan fingerprint density at radius 2 is 1.92 bits per heavy atom. The number of sulfonamides is 1. The maximum Gasteiger partial charge on any atom is 0.404 e. The molecule has 0 bridgehead atoms. The van der Waals surface area contributed by atoms with Crippen LogP contribution in [0.3, 0.4) is 0 Å². The molecule has 0 atom stereocenters. The number of hydrogen-bond donors (Lipinski definition) is 3. The average Bonchev–Trinajstić information content (AvgIpc) is 2.78. The Labute approximate surface area is 135 Å². The van der Waals surface area contributed by atoms with Crippen molar-refractivity contribution in [3.8, 4) is 11.3 Å². The maximum atomic E-state index is 12.3. The molecule has 0 radical (unpaired) electrons. The minimum absolute atomic E-state index is 0.0426. The minimum atomic E-state index is -4.86. The zero-order valence-corrected chi connectivity index (χ0v) is 13.3. The van der Waals surface area contributed by atoms with Crippen LogP contribution in [0.2, 0.25) is 0 Å². The van der Waals surface area contributed by atoms with Crippen LogP contribution in [0.1, 0.15) is 16.1 Å². The lowest BCUT2D eigenvalue weighted by molar-refractivity contribution is -0.106. The van der Waals surface area contributed by atoms with E-state index >= 15 is 0 Å². The van der Waals surface area contributed by atoms with Crippen molar-refractivity contribution in [3.63, 3.8) is 0 Å². The van der Waals surface area contributed by atoms with Gasteiger partial charge >= 0.3 is 6.18 Å². The van der Waals surface area contributed by atoms with Gasteiger partial charge in [-0.2, -0.15) is 13.2 Å². The summed E-state index contributed by atoms with van der Waals surface area (Å²) in [6.07, 6.45) is -4.86. The zero-order chi connectivity index (χ0) is 18.1. The monoisotopic (exact) mass is 361 g/mol. The molecule has 1 aromatic carbocycles. The highest BCUT2D eigenvalue weighted by Crippen LogP contribution is 2.30. The number of benzene rings is 1. The fourth-order valence-corrected chi connectivity index (χ4v) is 3.20. The summed E-state index contributed by atoms with van der Waals surface area (Å²) in [7, 11) is -4.62. The standard InChI is InChI=1S/C14H14F3N3O3S/c1-8-10(13(18)21)6-12(19-8)9-4-2-3-5-11(9)20-24(22,23)7-14(15,16)17/h2-6,19-20H,7H2,1H3,(H2,18,21). The number of para-hydroxylation sites is 1. The molecule has 6 nitrogen and oxygen atoms in total. The Balaban J connectivity index is 2.42. The number of aromatic amines is 1. The van der Waals surface area contributed by atoms with Crippen LogP contribution in [0, 0.1) is 6.92 Å². The van der Waals surface area contributed by atoms with Crippen LogP contribution in [0.15, 0.2) is 30.3 Å². The molecule has 0 spiro atoms. The topological polar surface area (TPSA) is 105 Å². The first-order chi connectivity index (χ1) is 11.0. The van der Waals surface area contributed by atoms with Crippen LogP contribution in [0.4, 0.5) is 18.9 Å². The van der Waals surface area contributed by atoms with Crippen LogP contribution in [-0.4, -0.2) is 31.2 Å². The van der Waals surface area contributed by atoms with E-state index < -0.39 is 27.9 Å². The number of primary amides is 1. The number of alkyl halides is 3. The summed E-state index contributed by atoms with van der Waals surface area (Å²) in [5, 5.41) is 0. The Morgan fingerprint density at radius 3 is 2.46 bits per heavy atom. The third-order valence-electron chi connectivity index (χ3n) is 3.12. The number of H-pyrrole nitrogens is 1. The summed E-state index contributed by atoms with van der Waals surface area (Å²) in [6, 6.07) is 7.29. The van der Waals surface area contributed by atoms with Crippen LogP contribution < -0.4 is 10.5 Å². The van der Waals surface area contributed by atoms with E-state index in [9.17, 15) is 26.4 Å². The van der Waals surface area contributed by atoms with Gasteiger partial charge in [0, 0.05) is 17.0 Å². The quantitative estimate of drug-likeness (QED) is 0.761. The lowest BCUT2D eigenvalue weighted by Gasteiger charge is -2.13. The molecule has 1 aromatic heterocycles. The second kappa shape index (κ2) is 6.19. The van der Waals surface area contributed by atoms with Crippen molar-refractivity contribution in [2.45, 2.75) is 13.1 Å². The van der Waals surface area contributed by atoms with Crippen LogP contribution in [-0.2, 0) is 10.0 Å². The number of nitrogens with two attached hydrogens (primary N) is 1. The molecule has 0 aliphatic carbocycles. The smallest absolute Gasteiger partial charge is 0.366 e. The number of halogens is 3. The second-order valence-corrected chi connectivity index (χ2v) is 6.83. The first kappa shape index (κ1) is 17.9. The predicted molar refractivity (Wildman–Crippen MR) is 82.9 cm³/mol. The number of hydrogen-bond acceptors (Lipinski definition) is 3. The number of nitrogens with one attached hydrogen (secondary N) is 2. The van der Waals surface area contributed by atoms with Crippen LogP contribution in [0.5, 0.6) is 0 Å². The summed E-state index contributed by atoms with van der Waals surface area (Å²) >= 11 is 0. The van der Waals surface area contributed by atoms with E-state index in [2.05, 4.69) is 4.98 Å². The molecule has 1 heterocycles. The number of amides is 1. The Bertz CT molecular complexity index is 873. The van der Waals surface area contributed by atoms with Gasteiger partial charge in [-0.05, 0) is 19.1 Å². The van der Waals surface area contributed by atoms with Crippen molar-refractivity contribution < 1.29 is 26.4 Å². The number of aromatic nitrogens is 1. The van der Waals surface area contributed by atoms with E-state index in [4.69, 9.17) is 5.73 Å². The average molecular weight is 361 g/mol. The lowest BCUT2D eigenvalue weighted by Crippen LogP contribution is -2.28. The van der Waals surface area contributed by atoms with Crippen molar-refractivity contribution in [1.29, 1.82) is 0 Å². The third kappa shape index (κ3) is 4.28. The predicted octanol–water partition coefficient (Wildman–Crippen LogP) is 2.39. The molecule has 2 rings (SSSR count). The Morgan fingerprint density at radius 1 is 1.29 bits per heavy atom. The number of rotatable bonds is 5. The summed E-state index contributed by atoms with van der Waals surface area (Å²) in [5.74, 6) is -2.67. The molecule has 24 heavy (non-hydrogen) atoms. The molecule has 0 aliphatic heterocycles. The van der Waals surface area contributed by atoms with Crippen molar-refractivity contribution in [1.82, 2.24) is 4.98 Å². The van der Waals surface area contributed by atoms with Gasteiger partial charge in [0.25, 0.3) is 5.91 Å². The molecule has 0 unspecified atom stereocenters. The molecule has 0 aliphatic rings. The van der Waals surface area contributed by atoms with Gasteiger partial charge in [0.15, 0.2) is 5.75 Å². The van der Waals surface area contributed by atoms with Gasteiger partial charge in [0.1, 0.15) is 0 Å². The van der Waals surface area contributed by atoms with E-state index in [1.165, 1.54) is 24.3 Å². The van der Waals surface area contributed by atoms with E-state index in [1.54, 1.807) is 13.0 Å². The number of carbonyl (C=O) groups is 1. The van der Waals surface area contributed by atoms with E-state index in [1.807, 2.05) is 4.72 Å². The van der Waals surface area contributed by atoms with Crippen molar-refractivity contribution >= 4 is 21.6 Å². The van der Waals surface area contributed by atoms with E-state index in [-0.39, 0.29) is 11.3 Å². The van der Waals surface area contributed by atoms with Crippen molar-refractivity contribution in [2.75, 3.05) is 10.5 Å². The molecule has 0 saturated carbocycles. The maximum absolute atomic E-state index is 12.3. The molecule has 130 valence electrons. The fourth-order valence-electron chi connectivity index (χ4n) is 2.19. The molecular weight excluding hydrogens is 347 g/mol. The van der Waals surface area contributed by atoms with Gasteiger partial charge in [-0.25, -0.2) is 8.42 Å². The molecule has 1 amide bonds. The number of carbonyl (C=O) groups excluding carboxylic acids is 1. The Hall–Kier alpha value is -2.49. The van der Waals surface area contributed by atoms with Crippen molar-refractivity contribution in [3.05, 3.63) is 41.6 Å². The summed E-state index contributed by atoms with van der Waals surface area (Å²) in [6.45, 7) is 1.60. The lowest BCUT2D eigenvalue weighted by atomic mass is 10.1. The van der Waals surface area contributed by atoms with E-state index in [0.29, 0.717) is 17.0 Å². The zero-order valence-electron chi connectivity index (χ0n) is 12.4. The van der Waals surface area contributed by atoms with Gasteiger partial charge in [-0.3, -0.25) is 9.52 Å². The highest BCUT2D eigenvalue weighted by atomic mass is 32.2. The first-order valence-electron chi connectivity index (χ1n) is 6.64. The highest BCUT2D eigenvalue weighted by molar-refractivity contribution is 7.92. The molecular formula is C14H14F3N3O3S. The minimum Gasteiger partial charge on any atom is -0.366 e. The second-order valence-electron chi connectivity index (χ2n) is 5.11.